The monoisotopic (exact) mass is 376 g/mol. The first kappa shape index (κ1) is 17.7. The molecule has 7 heteroatoms. The molecule has 2 heterocycles. The summed E-state index contributed by atoms with van der Waals surface area (Å²) in [4.78, 5) is 30.7. The summed E-state index contributed by atoms with van der Waals surface area (Å²) in [5.41, 5.74) is 8.13. The molecule has 28 heavy (non-hydrogen) atoms. The number of nitrogens with zero attached hydrogens (tertiary/aromatic N) is 2. The molecule has 2 amide bonds. The summed E-state index contributed by atoms with van der Waals surface area (Å²) in [6.07, 6.45) is 1.02. The molecule has 0 bridgehead atoms. The molecule has 6 nitrogen and oxygen atoms in total. The maximum Gasteiger partial charge on any atom is 0.258 e. The number of para-hydroxylation sites is 1. The smallest absolute Gasteiger partial charge is 0.258 e. The molecule has 0 radical (unpaired) electrons. The van der Waals surface area contributed by atoms with Gasteiger partial charge in [0.15, 0.2) is 0 Å². The number of nitrogens with one attached hydrogen (secondary N) is 1. The average Bonchev–Trinajstić information content (AvgIpc) is 2.96. The van der Waals surface area contributed by atoms with E-state index in [1.807, 2.05) is 0 Å². The summed E-state index contributed by atoms with van der Waals surface area (Å²) in [7, 11) is 0. The van der Waals surface area contributed by atoms with E-state index in [2.05, 4.69) is 10.3 Å². The van der Waals surface area contributed by atoms with Crippen LogP contribution in [0.15, 0.2) is 66.9 Å². The maximum atomic E-state index is 13.2. The number of aromatic nitrogens is 1. The summed E-state index contributed by atoms with van der Waals surface area (Å²) >= 11 is 0. The van der Waals surface area contributed by atoms with Gasteiger partial charge in [0, 0.05) is 18.4 Å². The molecule has 0 unspecified atom stereocenters. The molecule has 0 aliphatic carbocycles. The molecule has 1 aromatic heterocycles. The number of nitrogens with two attached hydrogens (primary N) is 1. The second-order valence-electron chi connectivity index (χ2n) is 6.45. The molecule has 1 atom stereocenters. The van der Waals surface area contributed by atoms with Gasteiger partial charge in [-0.2, -0.15) is 0 Å². The van der Waals surface area contributed by atoms with Crippen LogP contribution in [0.1, 0.15) is 38.1 Å². The van der Waals surface area contributed by atoms with Crippen molar-refractivity contribution >= 4 is 17.5 Å². The Kier molecular flexibility index (Phi) is 4.49. The van der Waals surface area contributed by atoms with Crippen molar-refractivity contribution in [3.05, 3.63) is 95.1 Å². The van der Waals surface area contributed by atoms with Gasteiger partial charge in [0.2, 0.25) is 0 Å². The summed E-state index contributed by atoms with van der Waals surface area (Å²) in [6.45, 7) is 0.256. The first-order valence-corrected chi connectivity index (χ1v) is 8.70. The van der Waals surface area contributed by atoms with Crippen LogP contribution in [-0.2, 0) is 6.54 Å². The van der Waals surface area contributed by atoms with Crippen LogP contribution in [0.5, 0.6) is 0 Å². The van der Waals surface area contributed by atoms with Crippen molar-refractivity contribution in [1.82, 2.24) is 9.88 Å². The number of carbonyl (C=O) groups excluding carboxylic acids is 2. The third-order valence-corrected chi connectivity index (χ3v) is 4.65. The third-order valence-electron chi connectivity index (χ3n) is 4.65. The molecular weight excluding hydrogens is 359 g/mol. The fraction of sp³-hybridized carbons (Fsp3) is 0.0952. The molecule has 0 fully saturated rings. The number of fused-ring (bicyclic) bond motifs is 1. The minimum atomic E-state index is -0.589. The summed E-state index contributed by atoms with van der Waals surface area (Å²) in [5, 5.41) is 3.23. The van der Waals surface area contributed by atoms with Crippen LogP contribution in [0.3, 0.4) is 0 Å². The van der Waals surface area contributed by atoms with Crippen LogP contribution < -0.4 is 11.1 Å². The van der Waals surface area contributed by atoms with Crippen LogP contribution in [-0.4, -0.2) is 21.7 Å². The van der Waals surface area contributed by atoms with Gasteiger partial charge in [0.05, 0.1) is 16.8 Å². The van der Waals surface area contributed by atoms with Crippen molar-refractivity contribution in [2.45, 2.75) is 12.7 Å². The lowest BCUT2D eigenvalue weighted by Crippen LogP contribution is -2.32. The second kappa shape index (κ2) is 7.11. The molecule has 3 aromatic rings. The van der Waals surface area contributed by atoms with Gasteiger partial charge in [-0.15, -0.1) is 0 Å². The predicted octanol–water partition coefficient (Wildman–Crippen LogP) is 3.09. The molecule has 1 aliphatic heterocycles. The number of hydrogen-bond donors (Lipinski definition) is 2. The van der Waals surface area contributed by atoms with E-state index in [-0.39, 0.29) is 18.3 Å². The summed E-state index contributed by atoms with van der Waals surface area (Å²) in [5.74, 6) is -1.10. The van der Waals surface area contributed by atoms with Crippen LogP contribution >= 0.6 is 0 Å². The standard InChI is InChI=1S/C21H17FN4O2/c22-14-9-7-13(8-10-14)12-26-20(18-16(21(26)28)5-3-11-24-18)25-17-6-2-1-4-15(17)19(23)27/h1-11,20,25H,12H2,(H2,23,27)/t20-/m1/s1. The zero-order valence-corrected chi connectivity index (χ0v) is 14.8. The number of halogens is 1. The van der Waals surface area contributed by atoms with Gasteiger partial charge in [-0.25, -0.2) is 4.39 Å². The number of hydrogen-bond acceptors (Lipinski definition) is 4. The summed E-state index contributed by atoms with van der Waals surface area (Å²) < 4.78 is 13.2. The highest BCUT2D eigenvalue weighted by molar-refractivity contribution is 6.00. The van der Waals surface area contributed by atoms with E-state index in [9.17, 15) is 14.0 Å². The second-order valence-corrected chi connectivity index (χ2v) is 6.45. The molecule has 0 saturated heterocycles. The van der Waals surface area contributed by atoms with Gasteiger partial charge in [-0.1, -0.05) is 24.3 Å². The van der Waals surface area contributed by atoms with E-state index in [1.54, 1.807) is 59.6 Å². The highest BCUT2D eigenvalue weighted by atomic mass is 19.1. The van der Waals surface area contributed by atoms with Crippen molar-refractivity contribution in [3.8, 4) is 0 Å². The number of benzene rings is 2. The lowest BCUT2D eigenvalue weighted by molar-refractivity contribution is 0.0727. The summed E-state index contributed by atoms with van der Waals surface area (Å²) in [6, 6.07) is 16.2. The van der Waals surface area contributed by atoms with Gasteiger partial charge < -0.3 is 16.0 Å². The molecule has 140 valence electrons. The minimum Gasteiger partial charge on any atom is -0.366 e. The Morgan fingerprint density at radius 3 is 2.61 bits per heavy atom. The zero-order valence-electron chi connectivity index (χ0n) is 14.8. The molecule has 0 saturated carbocycles. The number of rotatable bonds is 5. The van der Waals surface area contributed by atoms with Crippen LogP contribution in [0, 0.1) is 5.82 Å². The molecule has 3 N–H and O–H groups in total. The largest absolute Gasteiger partial charge is 0.366 e. The molecule has 0 spiro atoms. The van der Waals surface area contributed by atoms with Crippen molar-refractivity contribution < 1.29 is 14.0 Å². The van der Waals surface area contributed by atoms with Crippen LogP contribution in [0.4, 0.5) is 10.1 Å². The predicted molar refractivity (Wildman–Crippen MR) is 102 cm³/mol. The highest BCUT2D eigenvalue weighted by Crippen LogP contribution is 2.34. The minimum absolute atomic E-state index is 0.193. The average molecular weight is 376 g/mol. The fourth-order valence-corrected chi connectivity index (χ4v) is 3.30. The zero-order chi connectivity index (χ0) is 19.7. The van der Waals surface area contributed by atoms with E-state index in [0.29, 0.717) is 22.5 Å². The highest BCUT2D eigenvalue weighted by Gasteiger charge is 2.38. The quantitative estimate of drug-likeness (QED) is 0.716. The fourth-order valence-electron chi connectivity index (χ4n) is 3.30. The van der Waals surface area contributed by atoms with Crippen molar-refractivity contribution in [3.63, 3.8) is 0 Å². The first-order chi connectivity index (χ1) is 13.5. The van der Waals surface area contributed by atoms with E-state index < -0.39 is 12.1 Å². The molecular formula is C21H17FN4O2. The molecule has 4 rings (SSSR count). The van der Waals surface area contributed by atoms with Gasteiger partial charge >= 0.3 is 0 Å². The Balaban J connectivity index is 1.72. The van der Waals surface area contributed by atoms with Gasteiger partial charge in [-0.3, -0.25) is 14.6 Å². The Bertz CT molecular complexity index is 1050. The normalized spacial score (nSPS) is 15.4. The van der Waals surface area contributed by atoms with E-state index in [1.165, 1.54) is 12.1 Å². The number of carbonyl (C=O) groups is 2. The van der Waals surface area contributed by atoms with Crippen molar-refractivity contribution in [1.29, 1.82) is 0 Å². The van der Waals surface area contributed by atoms with Crippen molar-refractivity contribution in [2.75, 3.05) is 5.32 Å². The lowest BCUT2D eigenvalue weighted by Gasteiger charge is -2.27. The van der Waals surface area contributed by atoms with Gasteiger partial charge in [0.1, 0.15) is 12.0 Å². The lowest BCUT2D eigenvalue weighted by atomic mass is 10.1. The maximum absolute atomic E-state index is 13.2. The number of anilines is 1. The Morgan fingerprint density at radius 2 is 1.86 bits per heavy atom. The van der Waals surface area contributed by atoms with Gasteiger partial charge in [0.25, 0.3) is 11.8 Å². The SMILES string of the molecule is NC(=O)c1ccccc1N[C@H]1c2ncccc2C(=O)N1Cc1ccc(F)cc1. The van der Waals surface area contributed by atoms with Crippen LogP contribution in [0.25, 0.3) is 0 Å². The topological polar surface area (TPSA) is 88.3 Å². The third kappa shape index (κ3) is 3.18. The Labute approximate surface area is 160 Å². The Hall–Kier alpha value is -3.74. The van der Waals surface area contributed by atoms with Crippen molar-refractivity contribution in [2.24, 2.45) is 5.73 Å². The Morgan fingerprint density at radius 1 is 1.11 bits per heavy atom. The molecule has 1 aliphatic rings. The number of primary amides is 1. The van der Waals surface area contributed by atoms with E-state index in [0.717, 1.165) is 5.56 Å². The van der Waals surface area contributed by atoms with Gasteiger partial charge in [-0.05, 0) is 42.0 Å². The van der Waals surface area contributed by atoms with E-state index >= 15 is 0 Å². The number of amides is 2. The van der Waals surface area contributed by atoms with E-state index in [4.69, 9.17) is 5.73 Å². The van der Waals surface area contributed by atoms with Crippen LogP contribution in [0.2, 0.25) is 0 Å². The molecule has 2 aromatic carbocycles. The first-order valence-electron chi connectivity index (χ1n) is 8.70. The number of pyridine rings is 1.